The zero-order valence-corrected chi connectivity index (χ0v) is 21.3. The van der Waals surface area contributed by atoms with Crippen molar-refractivity contribution in [3.63, 3.8) is 0 Å². The number of hydrogen-bond donors (Lipinski definition) is 0. The first-order chi connectivity index (χ1) is 19.2. The summed E-state index contributed by atoms with van der Waals surface area (Å²) in [6, 6.07) is 19.9. The van der Waals surface area contributed by atoms with Crippen molar-refractivity contribution in [1.29, 1.82) is 0 Å². The van der Waals surface area contributed by atoms with Crippen LogP contribution in [0, 0.1) is 5.21 Å². The summed E-state index contributed by atoms with van der Waals surface area (Å²) in [6.07, 6.45) is 4.53. The van der Waals surface area contributed by atoms with E-state index in [4.69, 9.17) is 0 Å². The molecule has 2 heterocycles. The summed E-state index contributed by atoms with van der Waals surface area (Å²) >= 11 is 0. The Hall–Kier alpha value is -4.67. The monoisotopic (exact) mass is 555 g/mol. The van der Waals surface area contributed by atoms with Gasteiger partial charge in [0.2, 0.25) is 5.91 Å². The van der Waals surface area contributed by atoms with E-state index in [1.807, 2.05) is 30.3 Å². The van der Waals surface area contributed by atoms with Crippen LogP contribution < -0.4 is 19.1 Å². The van der Waals surface area contributed by atoms with E-state index in [-0.39, 0.29) is 5.91 Å². The fourth-order valence-electron chi connectivity index (χ4n) is 4.25. The van der Waals surface area contributed by atoms with E-state index in [9.17, 15) is 27.6 Å². The number of hydrogen-bond acceptors (Lipinski definition) is 5. The summed E-state index contributed by atoms with van der Waals surface area (Å²) in [7, 11) is 0. The summed E-state index contributed by atoms with van der Waals surface area (Å²) in [5.74, 6) is -1.38. The topological polar surface area (TPSA) is 78.6 Å². The molecule has 0 N–H and O–H groups in total. The van der Waals surface area contributed by atoms with Crippen LogP contribution in [0.5, 0.6) is 11.5 Å². The van der Waals surface area contributed by atoms with Gasteiger partial charge in [0.15, 0.2) is 23.9 Å². The zero-order chi connectivity index (χ0) is 28.6. The summed E-state index contributed by atoms with van der Waals surface area (Å²) < 4.78 is 61.3. The maximum Gasteiger partial charge on any atom is 0.387 e. The van der Waals surface area contributed by atoms with Gasteiger partial charge in [-0.25, -0.2) is 4.98 Å². The average Bonchev–Trinajstić information content (AvgIpc) is 2.92. The first-order valence-corrected chi connectivity index (χ1v) is 12.2. The number of aromatic nitrogens is 2. The number of ether oxygens (including phenoxy) is 2. The number of alkyl halides is 4. The summed E-state index contributed by atoms with van der Waals surface area (Å²) in [5.41, 5.74) is 2.77. The molecule has 1 atom stereocenters. The lowest BCUT2D eigenvalue weighted by Gasteiger charge is -2.23. The Morgan fingerprint density at radius 3 is 2.12 bits per heavy atom. The quantitative estimate of drug-likeness (QED) is 0.132. The maximum atomic E-state index is 13.1. The fourth-order valence-corrected chi connectivity index (χ4v) is 4.25. The standard InChI is InChI=1S/C29H25F4N3O4/c1-19(37)36(18-21-5-3-2-4-6-21)27-10-8-23(17-34-27)24(15-20-11-13-35(38)14-12-20)22-7-9-25(39-28(30)31)26(16-22)40-29(32)33/h2-14,16-17,24,28-29H,15,18H2,1H3. The van der Waals surface area contributed by atoms with Crippen LogP contribution in [0.15, 0.2) is 91.4 Å². The number of pyridine rings is 2. The van der Waals surface area contributed by atoms with Crippen LogP contribution in [-0.2, 0) is 17.8 Å². The van der Waals surface area contributed by atoms with Crippen molar-refractivity contribution in [2.75, 3.05) is 4.90 Å². The Balaban J connectivity index is 1.71. The predicted octanol–water partition coefficient (Wildman–Crippen LogP) is 5.85. The van der Waals surface area contributed by atoms with Crippen molar-refractivity contribution < 1.29 is 36.6 Å². The molecule has 4 rings (SSSR count). The van der Waals surface area contributed by atoms with Gasteiger partial charge in [0.1, 0.15) is 5.82 Å². The highest BCUT2D eigenvalue weighted by Gasteiger charge is 2.22. The fraction of sp³-hybridized carbons (Fsp3) is 0.207. The third-order valence-corrected chi connectivity index (χ3v) is 6.13. The van der Waals surface area contributed by atoms with Gasteiger partial charge in [-0.3, -0.25) is 9.69 Å². The van der Waals surface area contributed by atoms with Crippen molar-refractivity contribution in [3.8, 4) is 11.5 Å². The lowest BCUT2D eigenvalue weighted by atomic mass is 9.86. The third-order valence-electron chi connectivity index (χ3n) is 6.13. The van der Waals surface area contributed by atoms with E-state index < -0.39 is 30.6 Å². The van der Waals surface area contributed by atoms with Crippen LogP contribution in [0.3, 0.4) is 0 Å². The van der Waals surface area contributed by atoms with Gasteiger partial charge in [0.25, 0.3) is 0 Å². The Labute approximate surface area is 227 Å². The normalized spacial score (nSPS) is 11.9. The number of benzene rings is 2. The molecule has 0 radical (unpaired) electrons. The summed E-state index contributed by atoms with van der Waals surface area (Å²) in [4.78, 5) is 18.4. The van der Waals surface area contributed by atoms with Gasteiger partial charge < -0.3 is 14.7 Å². The maximum absolute atomic E-state index is 13.1. The highest BCUT2D eigenvalue weighted by molar-refractivity contribution is 5.90. The van der Waals surface area contributed by atoms with Crippen LogP contribution >= 0.6 is 0 Å². The van der Waals surface area contributed by atoms with E-state index in [0.717, 1.165) is 17.2 Å². The Kier molecular flexibility index (Phi) is 9.15. The molecule has 11 heteroatoms. The number of carbonyl (C=O) groups is 1. The molecule has 40 heavy (non-hydrogen) atoms. The number of halogens is 4. The Morgan fingerprint density at radius 1 is 0.875 bits per heavy atom. The van der Waals surface area contributed by atoms with E-state index in [0.29, 0.717) is 34.6 Å². The van der Waals surface area contributed by atoms with E-state index in [1.54, 1.807) is 30.5 Å². The first-order valence-electron chi connectivity index (χ1n) is 12.2. The molecule has 0 aliphatic heterocycles. The minimum atomic E-state index is -3.27. The van der Waals surface area contributed by atoms with Crippen LogP contribution in [0.1, 0.15) is 35.1 Å². The van der Waals surface area contributed by atoms with Crippen LogP contribution in [-0.4, -0.2) is 24.1 Å². The molecule has 7 nitrogen and oxygen atoms in total. The smallest absolute Gasteiger partial charge is 0.387 e. The van der Waals surface area contributed by atoms with E-state index in [2.05, 4.69) is 14.5 Å². The number of amides is 1. The van der Waals surface area contributed by atoms with Crippen molar-refractivity contribution >= 4 is 11.7 Å². The van der Waals surface area contributed by atoms with Crippen molar-refractivity contribution in [1.82, 2.24) is 4.98 Å². The molecule has 2 aromatic carbocycles. The second-order valence-electron chi connectivity index (χ2n) is 8.83. The molecule has 0 saturated heterocycles. The molecule has 208 valence electrons. The lowest BCUT2D eigenvalue weighted by Crippen LogP contribution is -2.28. The van der Waals surface area contributed by atoms with Crippen LogP contribution in [0.2, 0.25) is 0 Å². The highest BCUT2D eigenvalue weighted by atomic mass is 19.3. The molecule has 0 bridgehead atoms. The number of anilines is 1. The minimum absolute atomic E-state index is 0.209. The Morgan fingerprint density at radius 2 is 1.52 bits per heavy atom. The average molecular weight is 556 g/mol. The minimum Gasteiger partial charge on any atom is -0.619 e. The predicted molar refractivity (Wildman–Crippen MR) is 138 cm³/mol. The van der Waals surface area contributed by atoms with Gasteiger partial charge >= 0.3 is 13.2 Å². The molecule has 0 saturated carbocycles. The van der Waals surface area contributed by atoms with E-state index >= 15 is 0 Å². The summed E-state index contributed by atoms with van der Waals surface area (Å²) in [5, 5.41) is 11.5. The number of rotatable bonds is 11. The Bertz CT molecular complexity index is 1410. The van der Waals surface area contributed by atoms with Gasteiger partial charge in [-0.1, -0.05) is 42.5 Å². The SMILES string of the molecule is CC(=O)N(Cc1ccccc1)c1ccc(C(Cc2cc[n+]([O-])cc2)c2ccc(OC(F)F)c(OC(F)F)c2)cn1. The molecule has 0 aliphatic rings. The van der Waals surface area contributed by atoms with Gasteiger partial charge in [-0.15, -0.1) is 0 Å². The second-order valence-corrected chi connectivity index (χ2v) is 8.83. The third kappa shape index (κ3) is 7.46. The second kappa shape index (κ2) is 12.9. The van der Waals surface area contributed by atoms with Crippen LogP contribution in [0.4, 0.5) is 23.4 Å². The van der Waals surface area contributed by atoms with Gasteiger partial charge in [0.05, 0.1) is 6.54 Å². The lowest BCUT2D eigenvalue weighted by molar-refractivity contribution is -0.605. The molecule has 0 aliphatic carbocycles. The first kappa shape index (κ1) is 28.3. The van der Waals surface area contributed by atoms with Crippen molar-refractivity contribution in [2.24, 2.45) is 0 Å². The van der Waals surface area contributed by atoms with Gasteiger partial charge in [0, 0.05) is 31.2 Å². The van der Waals surface area contributed by atoms with Crippen molar-refractivity contribution in [2.45, 2.75) is 39.0 Å². The van der Waals surface area contributed by atoms with Gasteiger partial charge in [-0.2, -0.15) is 22.3 Å². The summed E-state index contributed by atoms with van der Waals surface area (Å²) in [6.45, 7) is -4.75. The van der Waals surface area contributed by atoms with Crippen LogP contribution in [0.25, 0.3) is 0 Å². The number of nitrogens with zero attached hydrogens (tertiary/aromatic N) is 3. The molecule has 2 aromatic heterocycles. The molecule has 0 fully saturated rings. The number of carbonyl (C=O) groups excluding carboxylic acids is 1. The molecular formula is C29H25F4N3O4. The van der Waals surface area contributed by atoms with Gasteiger partial charge in [-0.05, 0) is 46.9 Å². The molecular weight excluding hydrogens is 530 g/mol. The van der Waals surface area contributed by atoms with Crippen molar-refractivity contribution in [3.05, 3.63) is 119 Å². The molecule has 0 spiro atoms. The molecule has 1 amide bonds. The largest absolute Gasteiger partial charge is 0.619 e. The highest BCUT2D eigenvalue weighted by Crippen LogP contribution is 2.37. The molecule has 1 unspecified atom stereocenters. The van der Waals surface area contributed by atoms with E-state index in [1.165, 1.54) is 36.4 Å². The molecule has 4 aromatic rings. The zero-order valence-electron chi connectivity index (χ0n) is 21.3.